The van der Waals surface area contributed by atoms with Crippen LogP contribution in [0.3, 0.4) is 0 Å². The lowest BCUT2D eigenvalue weighted by Gasteiger charge is -2.15. The van der Waals surface area contributed by atoms with Gasteiger partial charge in [0.25, 0.3) is 0 Å². The van der Waals surface area contributed by atoms with Crippen LogP contribution in [-0.2, 0) is 11.2 Å². The number of hydrogen-bond donors (Lipinski definition) is 2. The van der Waals surface area contributed by atoms with E-state index in [4.69, 9.17) is 5.11 Å². The first kappa shape index (κ1) is 16.9. The van der Waals surface area contributed by atoms with Crippen molar-refractivity contribution in [2.75, 3.05) is 13.1 Å². The fourth-order valence-electron chi connectivity index (χ4n) is 1.43. The summed E-state index contributed by atoms with van der Waals surface area (Å²) in [6.07, 6.45) is 0.242. The van der Waals surface area contributed by atoms with E-state index < -0.39 is 5.97 Å². The number of benzene rings is 1. The van der Waals surface area contributed by atoms with Crippen LogP contribution in [0.25, 0.3) is 0 Å². The molecule has 2 N–H and O–H groups in total. The van der Waals surface area contributed by atoms with Crippen molar-refractivity contribution in [1.29, 1.82) is 0 Å². The fraction of sp³-hybridized carbons (Fsp3) is 0.385. The zero-order valence-corrected chi connectivity index (χ0v) is 13.1. The van der Waals surface area contributed by atoms with Crippen molar-refractivity contribution in [2.24, 2.45) is 0 Å². The summed E-state index contributed by atoms with van der Waals surface area (Å²) in [6.45, 7) is 5.95. The van der Waals surface area contributed by atoms with Gasteiger partial charge in [-0.25, -0.2) is 9.10 Å². The molecule has 0 atom stereocenters. The molecule has 0 aromatic heterocycles. The largest absolute Gasteiger partial charge is 0.478 e. The van der Waals surface area contributed by atoms with Gasteiger partial charge in [0.2, 0.25) is 5.91 Å². The highest BCUT2D eigenvalue weighted by atomic mass is 33.1. The monoisotopic (exact) mass is 314 g/mol. The van der Waals surface area contributed by atoms with Crippen molar-refractivity contribution < 1.29 is 14.7 Å². The molecule has 0 saturated heterocycles. The highest BCUT2D eigenvalue weighted by Gasteiger charge is 2.07. The molecule has 0 unspecified atom stereocenters. The van der Waals surface area contributed by atoms with E-state index in [1.165, 1.54) is 34.1 Å². The Kier molecular flexibility index (Phi) is 7.50. The molecular formula is C13H18N2O3S2. The Balaban J connectivity index is 2.37. The lowest BCUT2D eigenvalue weighted by molar-refractivity contribution is -0.118. The maximum absolute atomic E-state index is 11.7. The second-order valence-electron chi connectivity index (χ2n) is 3.98. The number of amides is 1. The van der Waals surface area contributed by atoms with Gasteiger partial charge in [-0.05, 0) is 17.7 Å². The van der Waals surface area contributed by atoms with E-state index in [-0.39, 0.29) is 17.9 Å². The molecule has 0 radical (unpaired) electrons. The van der Waals surface area contributed by atoms with Crippen molar-refractivity contribution in [2.45, 2.75) is 20.3 Å². The Bertz CT molecular complexity index is 447. The predicted octanol–water partition coefficient (Wildman–Crippen LogP) is 2.60. The number of carboxylic acids is 1. The quantitative estimate of drug-likeness (QED) is 0.568. The Morgan fingerprint density at radius 1 is 1.20 bits per heavy atom. The van der Waals surface area contributed by atoms with Gasteiger partial charge in [-0.2, -0.15) is 0 Å². The van der Waals surface area contributed by atoms with Crippen LogP contribution >= 0.6 is 22.0 Å². The second-order valence-corrected chi connectivity index (χ2v) is 5.96. The fourth-order valence-corrected chi connectivity index (χ4v) is 3.29. The Hall–Kier alpha value is -1.18. The van der Waals surface area contributed by atoms with Gasteiger partial charge >= 0.3 is 5.97 Å². The summed E-state index contributed by atoms with van der Waals surface area (Å²) in [4.78, 5) is 22.4. The molecule has 0 heterocycles. The molecular weight excluding hydrogens is 296 g/mol. The molecule has 5 nitrogen and oxygen atoms in total. The van der Waals surface area contributed by atoms with E-state index in [1.54, 1.807) is 12.1 Å². The summed E-state index contributed by atoms with van der Waals surface area (Å²) in [5, 5.41) is 8.78. The Labute approximate surface area is 126 Å². The molecule has 0 spiro atoms. The van der Waals surface area contributed by atoms with Crippen LogP contribution in [0.5, 0.6) is 0 Å². The lowest BCUT2D eigenvalue weighted by Crippen LogP contribution is -2.19. The molecule has 1 aromatic carbocycles. The molecule has 0 fully saturated rings. The minimum Gasteiger partial charge on any atom is -0.478 e. The summed E-state index contributed by atoms with van der Waals surface area (Å²) >= 11 is 0. The van der Waals surface area contributed by atoms with Crippen molar-refractivity contribution >= 4 is 33.8 Å². The van der Waals surface area contributed by atoms with Crippen LogP contribution in [-0.4, -0.2) is 34.4 Å². The molecule has 7 heteroatoms. The van der Waals surface area contributed by atoms with Crippen molar-refractivity contribution in [3.8, 4) is 0 Å². The zero-order valence-electron chi connectivity index (χ0n) is 11.5. The Morgan fingerprint density at radius 2 is 1.80 bits per heavy atom. The van der Waals surface area contributed by atoms with Crippen LogP contribution < -0.4 is 4.72 Å². The number of carboxylic acid groups (broad SMARTS) is 1. The average Bonchev–Trinajstić information content (AvgIpc) is 2.44. The summed E-state index contributed by atoms with van der Waals surface area (Å²) in [6, 6.07) is 6.32. The number of rotatable bonds is 8. The summed E-state index contributed by atoms with van der Waals surface area (Å²) < 4.78 is 4.87. The van der Waals surface area contributed by atoms with Crippen LogP contribution in [0.2, 0.25) is 0 Å². The van der Waals surface area contributed by atoms with Gasteiger partial charge in [-0.1, -0.05) is 26.0 Å². The first-order valence-corrected chi connectivity index (χ1v) is 8.37. The third-order valence-electron chi connectivity index (χ3n) is 2.57. The predicted molar refractivity (Wildman–Crippen MR) is 83.4 cm³/mol. The van der Waals surface area contributed by atoms with E-state index in [1.807, 2.05) is 0 Å². The number of nitrogens with one attached hydrogen (secondary N) is 1. The summed E-state index contributed by atoms with van der Waals surface area (Å²) in [5.41, 5.74) is 1.02. The van der Waals surface area contributed by atoms with E-state index in [2.05, 4.69) is 22.9 Å². The molecule has 1 aromatic rings. The van der Waals surface area contributed by atoms with Gasteiger partial charge in [0.1, 0.15) is 0 Å². The number of nitrogens with zero attached hydrogens (tertiary/aromatic N) is 1. The summed E-state index contributed by atoms with van der Waals surface area (Å²) in [7, 11) is 2.80. The normalized spacial score (nSPS) is 10.6. The first-order chi connectivity index (χ1) is 9.56. The zero-order chi connectivity index (χ0) is 15.0. The number of carbonyl (C=O) groups is 2. The van der Waals surface area contributed by atoms with Crippen LogP contribution in [0, 0.1) is 0 Å². The summed E-state index contributed by atoms with van der Waals surface area (Å²) in [5.74, 6) is -1.06. The van der Waals surface area contributed by atoms with Gasteiger partial charge in [0.15, 0.2) is 0 Å². The molecule has 0 bridgehead atoms. The van der Waals surface area contributed by atoms with Crippen LogP contribution in [0.15, 0.2) is 24.3 Å². The van der Waals surface area contributed by atoms with Crippen LogP contribution in [0.1, 0.15) is 29.8 Å². The molecule has 1 amide bonds. The molecule has 0 aliphatic heterocycles. The molecule has 20 heavy (non-hydrogen) atoms. The van der Waals surface area contributed by atoms with E-state index in [0.717, 1.165) is 18.7 Å². The SMILES string of the molecule is CCN(CC)SSNC(=O)Cc1ccc(C(=O)O)cc1. The third-order valence-corrected chi connectivity index (χ3v) is 4.79. The number of hydrogen-bond acceptors (Lipinski definition) is 5. The van der Waals surface area contributed by atoms with E-state index in [0.29, 0.717) is 0 Å². The van der Waals surface area contributed by atoms with Crippen molar-refractivity contribution in [3.05, 3.63) is 35.4 Å². The van der Waals surface area contributed by atoms with E-state index >= 15 is 0 Å². The highest BCUT2D eigenvalue weighted by Crippen LogP contribution is 2.22. The minimum absolute atomic E-state index is 0.0993. The van der Waals surface area contributed by atoms with E-state index in [9.17, 15) is 9.59 Å². The van der Waals surface area contributed by atoms with Crippen molar-refractivity contribution in [3.63, 3.8) is 0 Å². The standard InChI is InChI=1S/C13H18N2O3S2/c1-3-15(4-2)20-19-14-12(16)9-10-5-7-11(8-6-10)13(17)18/h5-8H,3-4,9H2,1-2H3,(H,14,16)(H,17,18). The van der Waals surface area contributed by atoms with Crippen LogP contribution in [0.4, 0.5) is 0 Å². The van der Waals surface area contributed by atoms with Crippen molar-refractivity contribution in [1.82, 2.24) is 9.03 Å². The topological polar surface area (TPSA) is 69.6 Å². The molecule has 0 aliphatic carbocycles. The number of aromatic carboxylic acids is 1. The third kappa shape index (κ3) is 5.85. The average molecular weight is 314 g/mol. The number of carbonyl (C=O) groups excluding carboxylic acids is 1. The van der Waals surface area contributed by atoms with Gasteiger partial charge in [0.05, 0.1) is 12.0 Å². The molecule has 1 rings (SSSR count). The highest BCUT2D eigenvalue weighted by molar-refractivity contribution is 8.75. The van der Waals surface area contributed by atoms with Gasteiger partial charge < -0.3 is 5.11 Å². The van der Waals surface area contributed by atoms with Gasteiger partial charge in [-0.3, -0.25) is 9.52 Å². The lowest BCUT2D eigenvalue weighted by atomic mass is 10.1. The van der Waals surface area contributed by atoms with Gasteiger partial charge in [-0.15, -0.1) is 0 Å². The molecule has 110 valence electrons. The second kappa shape index (κ2) is 8.89. The Morgan fingerprint density at radius 3 is 2.30 bits per heavy atom. The molecule has 0 aliphatic rings. The van der Waals surface area contributed by atoms with Gasteiger partial charge in [0, 0.05) is 35.0 Å². The minimum atomic E-state index is -0.966. The maximum atomic E-state index is 11.7. The molecule has 0 saturated carbocycles. The maximum Gasteiger partial charge on any atom is 0.335 e. The smallest absolute Gasteiger partial charge is 0.335 e. The first-order valence-electron chi connectivity index (χ1n) is 6.26.